The smallest absolute Gasteiger partial charge is 0.220 e. The van der Waals surface area contributed by atoms with Gasteiger partial charge in [-0.05, 0) is 22.5 Å². The summed E-state index contributed by atoms with van der Waals surface area (Å²) in [7, 11) is 0. The Labute approximate surface area is 108 Å². The fraction of sp³-hybridized carbons (Fsp3) is 0.273. The largest absolute Gasteiger partial charge is 0.493 e. The summed E-state index contributed by atoms with van der Waals surface area (Å²) in [5.74, 6) is -0.130. The van der Waals surface area contributed by atoms with E-state index in [1.807, 2.05) is 0 Å². The number of hydrogen-bond donors (Lipinski definition) is 1. The molecule has 2 aromatic heterocycles. The number of pyridine rings is 2. The highest BCUT2D eigenvalue weighted by Gasteiger charge is 2.23. The van der Waals surface area contributed by atoms with E-state index in [-0.39, 0.29) is 5.88 Å². The Balaban J connectivity index is 2.84. The van der Waals surface area contributed by atoms with E-state index in [1.165, 1.54) is 12.4 Å². The van der Waals surface area contributed by atoms with E-state index >= 15 is 0 Å². The zero-order valence-corrected chi connectivity index (χ0v) is 10.5. The van der Waals surface area contributed by atoms with Crippen molar-refractivity contribution in [2.24, 2.45) is 5.11 Å². The van der Waals surface area contributed by atoms with Crippen LogP contribution < -0.4 is 0 Å². The van der Waals surface area contributed by atoms with Crippen LogP contribution in [0, 0.1) is 0 Å². The molecular weight excluding hydrogens is 254 g/mol. The van der Waals surface area contributed by atoms with Gasteiger partial charge in [-0.3, -0.25) is 0 Å². The SMILES string of the molecule is CC(C)(N=[N+]=[N-])c1cnc(O)c2cnc(Cl)cc12. The molecule has 6 nitrogen and oxygen atoms in total. The molecular formula is C11H10ClN5O. The van der Waals surface area contributed by atoms with Crippen molar-refractivity contribution in [1.29, 1.82) is 0 Å². The molecule has 0 atom stereocenters. The van der Waals surface area contributed by atoms with Crippen molar-refractivity contribution in [1.82, 2.24) is 9.97 Å². The molecule has 0 bridgehead atoms. The molecule has 2 heterocycles. The Morgan fingerprint density at radius 2 is 2.06 bits per heavy atom. The third kappa shape index (κ3) is 2.03. The van der Waals surface area contributed by atoms with Crippen LogP contribution in [0.25, 0.3) is 21.2 Å². The average Bonchev–Trinajstić information content (AvgIpc) is 2.28. The highest BCUT2D eigenvalue weighted by Crippen LogP contribution is 2.34. The summed E-state index contributed by atoms with van der Waals surface area (Å²) in [4.78, 5) is 10.6. The van der Waals surface area contributed by atoms with Gasteiger partial charge in [0.1, 0.15) is 5.15 Å². The molecule has 0 spiro atoms. The van der Waals surface area contributed by atoms with E-state index in [2.05, 4.69) is 20.0 Å². The van der Waals surface area contributed by atoms with Crippen LogP contribution in [0.2, 0.25) is 5.15 Å². The number of nitrogens with zero attached hydrogens (tertiary/aromatic N) is 5. The number of halogens is 1. The summed E-state index contributed by atoms with van der Waals surface area (Å²) in [5.41, 5.74) is 8.48. The van der Waals surface area contributed by atoms with Gasteiger partial charge in [0.15, 0.2) is 0 Å². The first kappa shape index (κ1) is 12.4. The molecule has 0 saturated carbocycles. The van der Waals surface area contributed by atoms with Crippen LogP contribution in [0.5, 0.6) is 5.88 Å². The predicted molar refractivity (Wildman–Crippen MR) is 68.4 cm³/mol. The van der Waals surface area contributed by atoms with Gasteiger partial charge in [-0.1, -0.05) is 30.6 Å². The summed E-state index contributed by atoms with van der Waals surface area (Å²) in [6.45, 7) is 3.52. The number of azide groups is 1. The predicted octanol–water partition coefficient (Wildman–Crippen LogP) is 3.53. The Hall–Kier alpha value is -2.04. The van der Waals surface area contributed by atoms with Crippen molar-refractivity contribution in [3.8, 4) is 5.88 Å². The van der Waals surface area contributed by atoms with Crippen LogP contribution in [0.1, 0.15) is 19.4 Å². The molecule has 0 saturated heterocycles. The molecule has 0 aliphatic heterocycles. The monoisotopic (exact) mass is 263 g/mol. The van der Waals surface area contributed by atoms with E-state index < -0.39 is 5.54 Å². The van der Waals surface area contributed by atoms with Gasteiger partial charge in [0.05, 0.1) is 10.9 Å². The maximum atomic E-state index is 9.68. The first-order valence-electron chi connectivity index (χ1n) is 5.15. The Morgan fingerprint density at radius 3 is 2.72 bits per heavy atom. The van der Waals surface area contributed by atoms with Gasteiger partial charge in [-0.25, -0.2) is 9.97 Å². The van der Waals surface area contributed by atoms with Gasteiger partial charge >= 0.3 is 0 Å². The van der Waals surface area contributed by atoms with Gasteiger partial charge in [-0.15, -0.1) is 0 Å². The van der Waals surface area contributed by atoms with Crippen molar-refractivity contribution in [2.45, 2.75) is 19.4 Å². The number of rotatable bonds is 2. The van der Waals surface area contributed by atoms with Crippen molar-refractivity contribution in [2.75, 3.05) is 0 Å². The molecule has 2 aromatic rings. The molecule has 18 heavy (non-hydrogen) atoms. The van der Waals surface area contributed by atoms with Crippen molar-refractivity contribution in [3.63, 3.8) is 0 Å². The van der Waals surface area contributed by atoms with E-state index in [0.717, 1.165) is 0 Å². The first-order valence-corrected chi connectivity index (χ1v) is 5.53. The molecule has 0 aliphatic rings. The molecule has 0 aliphatic carbocycles. The lowest BCUT2D eigenvalue weighted by atomic mass is 9.93. The van der Waals surface area contributed by atoms with Gasteiger partial charge in [0, 0.05) is 17.3 Å². The van der Waals surface area contributed by atoms with Crippen LogP contribution in [-0.2, 0) is 5.54 Å². The van der Waals surface area contributed by atoms with Gasteiger partial charge < -0.3 is 5.11 Å². The minimum absolute atomic E-state index is 0.130. The second-order valence-electron chi connectivity index (χ2n) is 4.30. The van der Waals surface area contributed by atoms with Crippen LogP contribution >= 0.6 is 11.6 Å². The Morgan fingerprint density at radius 1 is 1.33 bits per heavy atom. The molecule has 0 radical (unpaired) electrons. The maximum absolute atomic E-state index is 9.68. The summed E-state index contributed by atoms with van der Waals surface area (Å²) in [6, 6.07) is 1.61. The van der Waals surface area contributed by atoms with Gasteiger partial charge in [0.25, 0.3) is 0 Å². The van der Waals surface area contributed by atoms with Crippen molar-refractivity contribution in [3.05, 3.63) is 39.6 Å². The maximum Gasteiger partial charge on any atom is 0.220 e. The fourth-order valence-corrected chi connectivity index (χ4v) is 1.91. The highest BCUT2D eigenvalue weighted by atomic mass is 35.5. The normalized spacial score (nSPS) is 11.3. The molecule has 92 valence electrons. The van der Waals surface area contributed by atoms with Crippen LogP contribution in [0.15, 0.2) is 23.6 Å². The standard InChI is InChI=1S/C11H10ClN5O/c1-11(2,16-17-13)8-5-15-10(18)7-4-14-9(12)3-6(7)8/h3-5H,1-2H3,(H,15,18). The molecule has 0 amide bonds. The van der Waals surface area contributed by atoms with Crippen LogP contribution in [-0.4, -0.2) is 15.1 Å². The van der Waals surface area contributed by atoms with Crippen molar-refractivity contribution >= 4 is 22.4 Å². The molecule has 1 N–H and O–H groups in total. The van der Waals surface area contributed by atoms with Crippen LogP contribution in [0.3, 0.4) is 0 Å². The van der Waals surface area contributed by atoms with E-state index in [4.69, 9.17) is 17.1 Å². The first-order chi connectivity index (χ1) is 8.45. The minimum Gasteiger partial charge on any atom is -0.493 e. The lowest BCUT2D eigenvalue weighted by Gasteiger charge is -2.20. The third-order valence-electron chi connectivity index (χ3n) is 2.67. The van der Waals surface area contributed by atoms with Crippen LogP contribution in [0.4, 0.5) is 0 Å². The topological polar surface area (TPSA) is 94.8 Å². The molecule has 2 rings (SSSR count). The second-order valence-corrected chi connectivity index (χ2v) is 4.68. The Kier molecular flexibility index (Phi) is 2.98. The summed E-state index contributed by atoms with van der Waals surface area (Å²) < 4.78 is 0. The summed E-state index contributed by atoms with van der Waals surface area (Å²) in [5, 5.41) is 14.9. The number of aromatic nitrogens is 2. The number of hydrogen-bond acceptors (Lipinski definition) is 4. The lowest BCUT2D eigenvalue weighted by Crippen LogP contribution is -2.13. The highest BCUT2D eigenvalue weighted by molar-refractivity contribution is 6.30. The zero-order chi connectivity index (χ0) is 13.3. The van der Waals surface area contributed by atoms with E-state index in [9.17, 15) is 5.11 Å². The minimum atomic E-state index is -0.793. The summed E-state index contributed by atoms with van der Waals surface area (Å²) >= 11 is 5.85. The van der Waals surface area contributed by atoms with E-state index in [0.29, 0.717) is 21.5 Å². The van der Waals surface area contributed by atoms with Crippen molar-refractivity contribution < 1.29 is 5.11 Å². The van der Waals surface area contributed by atoms with Gasteiger partial charge in [-0.2, -0.15) is 0 Å². The lowest BCUT2D eigenvalue weighted by molar-refractivity contribution is 0.458. The fourth-order valence-electron chi connectivity index (χ4n) is 1.75. The quantitative estimate of drug-likeness (QED) is 0.388. The van der Waals surface area contributed by atoms with E-state index in [1.54, 1.807) is 19.9 Å². The summed E-state index contributed by atoms with van der Waals surface area (Å²) in [6.07, 6.45) is 2.92. The Bertz CT molecular complexity index is 664. The zero-order valence-electron chi connectivity index (χ0n) is 9.79. The number of aromatic hydroxyl groups is 1. The molecule has 0 fully saturated rings. The second kappa shape index (κ2) is 4.33. The molecule has 7 heteroatoms. The van der Waals surface area contributed by atoms with Gasteiger partial charge in [0.2, 0.25) is 5.88 Å². The average molecular weight is 264 g/mol. The molecule has 0 aromatic carbocycles. The number of fused-ring (bicyclic) bond motifs is 1. The molecule has 0 unspecified atom stereocenters. The third-order valence-corrected chi connectivity index (χ3v) is 2.88.